The molecule has 0 radical (unpaired) electrons. The lowest BCUT2D eigenvalue weighted by Crippen LogP contribution is -2.44. The van der Waals surface area contributed by atoms with E-state index in [1.54, 1.807) is 0 Å². The number of nitrogens with zero attached hydrogens (tertiary/aromatic N) is 5. The van der Waals surface area contributed by atoms with E-state index in [1.165, 1.54) is 0 Å². The molecule has 148 valence electrons. The fourth-order valence-electron chi connectivity index (χ4n) is 4.02. The van der Waals surface area contributed by atoms with Crippen LogP contribution in [0.2, 0.25) is 0 Å². The number of morpholine rings is 1. The number of hydrogen-bond acceptors (Lipinski definition) is 5. The van der Waals surface area contributed by atoms with Crippen molar-refractivity contribution in [1.29, 1.82) is 0 Å². The fraction of sp³-hybridized carbons (Fsp3) is 0.318. The zero-order valence-corrected chi connectivity index (χ0v) is 16.9. The van der Waals surface area contributed by atoms with Gasteiger partial charge in [-0.3, -0.25) is 4.68 Å². The van der Waals surface area contributed by atoms with Crippen molar-refractivity contribution in [3.63, 3.8) is 0 Å². The monoisotopic (exact) mass is 388 g/mol. The Morgan fingerprint density at radius 3 is 2.79 bits per heavy atom. The molecule has 1 N–H and O–H groups in total. The SMILES string of the molecule is Cc1cc(-c2cc(-c3cccc4[nH]ccc34)nc(N3CCOC[C@H]3C)n2)n(C)n1. The van der Waals surface area contributed by atoms with Crippen LogP contribution in [0, 0.1) is 6.92 Å². The van der Waals surface area contributed by atoms with E-state index in [0.29, 0.717) is 13.2 Å². The summed E-state index contributed by atoms with van der Waals surface area (Å²) in [5.74, 6) is 0.736. The van der Waals surface area contributed by atoms with Crippen LogP contribution in [0.4, 0.5) is 5.95 Å². The maximum absolute atomic E-state index is 5.62. The van der Waals surface area contributed by atoms with Crippen LogP contribution in [0.25, 0.3) is 33.5 Å². The number of fused-ring (bicyclic) bond motifs is 1. The summed E-state index contributed by atoms with van der Waals surface area (Å²) in [6.45, 7) is 6.29. The predicted octanol–water partition coefficient (Wildman–Crippen LogP) is 3.56. The smallest absolute Gasteiger partial charge is 0.226 e. The highest BCUT2D eigenvalue weighted by atomic mass is 16.5. The first-order valence-electron chi connectivity index (χ1n) is 9.91. The standard InChI is InChI=1S/C22H24N6O/c1-14-11-21(27(3)26-14)20-12-19(16-5-4-6-18-17(16)7-8-23-18)24-22(25-20)28-9-10-29-13-15(28)2/h4-8,11-12,15,23H,9-10,13H2,1-3H3/t15-/m1/s1. The van der Waals surface area contributed by atoms with Gasteiger partial charge in [0.25, 0.3) is 0 Å². The third-order valence-electron chi connectivity index (χ3n) is 5.47. The Labute approximate surface area is 169 Å². The van der Waals surface area contributed by atoms with Crippen LogP contribution in [0.5, 0.6) is 0 Å². The van der Waals surface area contributed by atoms with E-state index in [4.69, 9.17) is 14.7 Å². The minimum atomic E-state index is 0.225. The molecule has 1 aliphatic heterocycles. The zero-order chi connectivity index (χ0) is 20.0. The van der Waals surface area contributed by atoms with Crippen molar-refractivity contribution < 1.29 is 4.74 Å². The molecule has 0 amide bonds. The second-order valence-electron chi connectivity index (χ2n) is 7.59. The molecule has 5 rings (SSSR count). The van der Waals surface area contributed by atoms with Gasteiger partial charge in [-0.25, -0.2) is 9.97 Å². The van der Waals surface area contributed by atoms with Gasteiger partial charge in [-0.1, -0.05) is 12.1 Å². The van der Waals surface area contributed by atoms with Crippen LogP contribution in [0.3, 0.4) is 0 Å². The van der Waals surface area contributed by atoms with Gasteiger partial charge < -0.3 is 14.6 Å². The minimum Gasteiger partial charge on any atom is -0.377 e. The van der Waals surface area contributed by atoms with Gasteiger partial charge in [0.15, 0.2) is 0 Å². The van der Waals surface area contributed by atoms with E-state index in [9.17, 15) is 0 Å². The molecular weight excluding hydrogens is 364 g/mol. The molecular formula is C22H24N6O. The highest BCUT2D eigenvalue weighted by molar-refractivity contribution is 5.94. The van der Waals surface area contributed by atoms with Gasteiger partial charge in [0.1, 0.15) is 0 Å². The quantitative estimate of drug-likeness (QED) is 0.581. The molecule has 1 atom stereocenters. The Balaban J connectivity index is 1.72. The summed E-state index contributed by atoms with van der Waals surface area (Å²) in [6.07, 6.45) is 1.96. The molecule has 0 bridgehead atoms. The second-order valence-corrected chi connectivity index (χ2v) is 7.59. The molecule has 1 aromatic carbocycles. The van der Waals surface area contributed by atoms with Gasteiger partial charge in [0, 0.05) is 36.3 Å². The summed E-state index contributed by atoms with van der Waals surface area (Å²) >= 11 is 0. The fourth-order valence-corrected chi connectivity index (χ4v) is 4.02. The summed E-state index contributed by atoms with van der Waals surface area (Å²) < 4.78 is 7.50. The first-order chi connectivity index (χ1) is 14.1. The van der Waals surface area contributed by atoms with Crippen molar-refractivity contribution in [2.75, 3.05) is 24.7 Å². The average molecular weight is 388 g/mol. The van der Waals surface area contributed by atoms with Gasteiger partial charge in [-0.2, -0.15) is 5.10 Å². The molecule has 4 aromatic rings. The van der Waals surface area contributed by atoms with Crippen molar-refractivity contribution in [2.45, 2.75) is 19.9 Å². The number of rotatable bonds is 3. The number of benzene rings is 1. The third-order valence-corrected chi connectivity index (χ3v) is 5.47. The van der Waals surface area contributed by atoms with Crippen LogP contribution >= 0.6 is 0 Å². The minimum absolute atomic E-state index is 0.225. The Hall–Kier alpha value is -3.19. The molecule has 7 heteroatoms. The van der Waals surface area contributed by atoms with Crippen molar-refractivity contribution in [3.8, 4) is 22.6 Å². The van der Waals surface area contributed by atoms with Crippen molar-refractivity contribution in [2.24, 2.45) is 7.05 Å². The summed E-state index contributed by atoms with van der Waals surface area (Å²) in [7, 11) is 1.95. The highest BCUT2D eigenvalue weighted by Gasteiger charge is 2.23. The predicted molar refractivity (Wildman–Crippen MR) is 114 cm³/mol. The molecule has 3 aromatic heterocycles. The van der Waals surface area contributed by atoms with Gasteiger partial charge in [-0.15, -0.1) is 0 Å². The molecule has 1 saturated heterocycles. The van der Waals surface area contributed by atoms with E-state index < -0.39 is 0 Å². The average Bonchev–Trinajstić information content (AvgIpc) is 3.33. The van der Waals surface area contributed by atoms with Crippen molar-refractivity contribution >= 4 is 16.9 Å². The molecule has 7 nitrogen and oxygen atoms in total. The Kier molecular flexibility index (Phi) is 4.32. The van der Waals surface area contributed by atoms with E-state index in [2.05, 4.69) is 58.3 Å². The highest BCUT2D eigenvalue weighted by Crippen LogP contribution is 2.31. The first-order valence-corrected chi connectivity index (χ1v) is 9.91. The lowest BCUT2D eigenvalue weighted by atomic mass is 10.1. The largest absolute Gasteiger partial charge is 0.377 e. The van der Waals surface area contributed by atoms with Crippen LogP contribution in [-0.4, -0.2) is 50.5 Å². The zero-order valence-electron chi connectivity index (χ0n) is 16.9. The van der Waals surface area contributed by atoms with E-state index in [1.807, 2.05) is 24.9 Å². The number of aryl methyl sites for hydroxylation is 2. The molecule has 29 heavy (non-hydrogen) atoms. The topological polar surface area (TPSA) is 71.9 Å². The molecule has 0 aliphatic carbocycles. The maximum Gasteiger partial charge on any atom is 0.226 e. The molecule has 0 spiro atoms. The summed E-state index contributed by atoms with van der Waals surface area (Å²) in [6, 6.07) is 12.7. The number of nitrogens with one attached hydrogen (secondary N) is 1. The number of anilines is 1. The summed E-state index contributed by atoms with van der Waals surface area (Å²) in [5.41, 5.74) is 5.92. The Bertz CT molecular complexity index is 1180. The summed E-state index contributed by atoms with van der Waals surface area (Å²) in [5, 5.41) is 5.66. The van der Waals surface area contributed by atoms with Gasteiger partial charge in [-0.05, 0) is 38.1 Å². The second kappa shape index (κ2) is 7.00. The number of ether oxygens (including phenoxy) is 1. The molecule has 1 aliphatic rings. The van der Waals surface area contributed by atoms with Crippen LogP contribution in [0.15, 0.2) is 42.6 Å². The number of aromatic amines is 1. The lowest BCUT2D eigenvalue weighted by molar-refractivity contribution is 0.0981. The van der Waals surface area contributed by atoms with E-state index >= 15 is 0 Å². The number of hydrogen-bond donors (Lipinski definition) is 1. The van der Waals surface area contributed by atoms with Gasteiger partial charge in [0.2, 0.25) is 5.95 Å². The maximum atomic E-state index is 5.62. The van der Waals surface area contributed by atoms with Crippen LogP contribution in [-0.2, 0) is 11.8 Å². The van der Waals surface area contributed by atoms with Crippen LogP contribution in [0.1, 0.15) is 12.6 Å². The Morgan fingerprint density at radius 1 is 1.14 bits per heavy atom. The Morgan fingerprint density at radius 2 is 2.00 bits per heavy atom. The summed E-state index contributed by atoms with van der Waals surface area (Å²) in [4.78, 5) is 15.4. The van der Waals surface area contributed by atoms with Gasteiger partial charge in [0.05, 0.1) is 42.0 Å². The molecule has 4 heterocycles. The molecule has 0 unspecified atom stereocenters. The number of H-pyrrole nitrogens is 1. The molecule has 1 fully saturated rings. The lowest BCUT2D eigenvalue weighted by Gasteiger charge is -2.33. The first kappa shape index (κ1) is 17.9. The van der Waals surface area contributed by atoms with Crippen molar-refractivity contribution in [3.05, 3.63) is 48.3 Å². The third kappa shape index (κ3) is 3.17. The van der Waals surface area contributed by atoms with Crippen molar-refractivity contribution in [1.82, 2.24) is 24.7 Å². The van der Waals surface area contributed by atoms with E-state index in [-0.39, 0.29) is 6.04 Å². The van der Waals surface area contributed by atoms with E-state index in [0.717, 1.165) is 51.7 Å². The van der Waals surface area contributed by atoms with Gasteiger partial charge >= 0.3 is 0 Å². The number of aromatic nitrogens is 5. The molecule has 0 saturated carbocycles. The normalized spacial score (nSPS) is 17.2. The van der Waals surface area contributed by atoms with Crippen LogP contribution < -0.4 is 4.90 Å².